The molecule has 0 aromatic carbocycles. The molecular weight excluding hydrogens is 270 g/mol. The van der Waals surface area contributed by atoms with Crippen molar-refractivity contribution in [2.75, 3.05) is 26.0 Å². The highest BCUT2D eigenvalue weighted by molar-refractivity contribution is 7.98. The smallest absolute Gasteiger partial charge is 0.120 e. The topological polar surface area (TPSA) is 47.0 Å². The van der Waals surface area contributed by atoms with Gasteiger partial charge in [0.15, 0.2) is 0 Å². The van der Waals surface area contributed by atoms with Crippen molar-refractivity contribution < 1.29 is 4.74 Å². The van der Waals surface area contributed by atoms with Crippen molar-refractivity contribution in [2.45, 2.75) is 24.5 Å². The molecule has 0 radical (unpaired) electrons. The van der Waals surface area contributed by atoms with Crippen LogP contribution < -0.4 is 5.32 Å². The van der Waals surface area contributed by atoms with Crippen molar-refractivity contribution in [1.29, 1.82) is 0 Å². The van der Waals surface area contributed by atoms with Gasteiger partial charge in [0.2, 0.25) is 0 Å². The summed E-state index contributed by atoms with van der Waals surface area (Å²) in [5.74, 6) is 0.700. The molecule has 1 aliphatic heterocycles. The third-order valence-electron chi connectivity index (χ3n) is 2.98. The van der Waals surface area contributed by atoms with Crippen LogP contribution in [0.15, 0.2) is 17.4 Å². The maximum atomic E-state index is 5.76. The zero-order valence-corrected chi connectivity index (χ0v) is 12.2. The molecule has 1 aromatic heterocycles. The minimum atomic E-state index is 0. The van der Waals surface area contributed by atoms with Crippen LogP contribution in [-0.4, -0.2) is 35.9 Å². The van der Waals surface area contributed by atoms with Gasteiger partial charge in [-0.15, -0.1) is 24.2 Å². The van der Waals surface area contributed by atoms with Gasteiger partial charge < -0.3 is 10.1 Å². The third kappa shape index (κ3) is 4.72. The Hall–Kier alpha value is -0.360. The Kier molecular flexibility index (Phi) is 7.58. The number of hydrogen-bond acceptors (Lipinski definition) is 5. The predicted octanol–water partition coefficient (Wildman–Crippen LogP) is 2.14. The van der Waals surface area contributed by atoms with Crippen molar-refractivity contribution in [1.82, 2.24) is 15.3 Å². The Balaban J connectivity index is 0.00000162. The summed E-state index contributed by atoms with van der Waals surface area (Å²) >= 11 is 1.62. The molecule has 2 rings (SSSR count). The highest BCUT2D eigenvalue weighted by Gasteiger charge is 2.13. The van der Waals surface area contributed by atoms with E-state index >= 15 is 0 Å². The van der Waals surface area contributed by atoms with E-state index in [-0.39, 0.29) is 12.4 Å². The maximum Gasteiger partial charge on any atom is 0.120 e. The van der Waals surface area contributed by atoms with Crippen molar-refractivity contribution in [3.63, 3.8) is 0 Å². The van der Waals surface area contributed by atoms with Gasteiger partial charge in [-0.05, 0) is 38.1 Å². The summed E-state index contributed by atoms with van der Waals surface area (Å²) in [7, 11) is 0. The first-order valence-electron chi connectivity index (χ1n) is 6.02. The normalized spacial score (nSPS) is 16.3. The van der Waals surface area contributed by atoms with Gasteiger partial charge in [0.1, 0.15) is 5.03 Å². The molecule has 0 aliphatic carbocycles. The van der Waals surface area contributed by atoms with Crippen LogP contribution in [0.3, 0.4) is 0 Å². The SMILES string of the molecule is CSc1nccnc1COCC1CCNCC1.Cl. The van der Waals surface area contributed by atoms with Crippen LogP contribution in [0.1, 0.15) is 18.5 Å². The highest BCUT2D eigenvalue weighted by Crippen LogP contribution is 2.17. The Bertz CT molecular complexity index is 348. The largest absolute Gasteiger partial charge is 0.375 e. The second-order valence-corrected chi connectivity index (χ2v) is 5.02. The molecule has 0 saturated carbocycles. The van der Waals surface area contributed by atoms with Gasteiger partial charge in [0.25, 0.3) is 0 Å². The lowest BCUT2D eigenvalue weighted by Gasteiger charge is -2.22. The molecule has 0 spiro atoms. The molecule has 1 aromatic rings. The summed E-state index contributed by atoms with van der Waals surface area (Å²) in [6.45, 7) is 3.66. The standard InChI is InChI=1S/C12H19N3OS.ClH/c1-17-12-11(14-6-7-15-12)9-16-8-10-2-4-13-5-3-10;/h6-7,10,13H,2-5,8-9H2,1H3;1H. The first-order valence-corrected chi connectivity index (χ1v) is 7.25. The van der Waals surface area contributed by atoms with Gasteiger partial charge >= 0.3 is 0 Å². The number of aromatic nitrogens is 2. The molecule has 0 unspecified atom stereocenters. The molecule has 2 heterocycles. The third-order valence-corrected chi connectivity index (χ3v) is 3.71. The average molecular weight is 290 g/mol. The summed E-state index contributed by atoms with van der Waals surface area (Å²) in [6.07, 6.45) is 7.90. The number of hydrogen-bond donors (Lipinski definition) is 1. The average Bonchev–Trinajstić information content (AvgIpc) is 2.40. The first-order chi connectivity index (χ1) is 8.40. The molecule has 1 N–H and O–H groups in total. The summed E-state index contributed by atoms with van der Waals surface area (Å²) in [4.78, 5) is 8.58. The van der Waals surface area contributed by atoms with Crippen LogP contribution in [0.5, 0.6) is 0 Å². The summed E-state index contributed by atoms with van der Waals surface area (Å²) in [5, 5.41) is 4.33. The number of ether oxygens (including phenoxy) is 1. The number of nitrogens with one attached hydrogen (secondary N) is 1. The number of thioether (sulfide) groups is 1. The molecule has 0 bridgehead atoms. The number of piperidine rings is 1. The van der Waals surface area contributed by atoms with E-state index in [1.165, 1.54) is 12.8 Å². The fraction of sp³-hybridized carbons (Fsp3) is 0.667. The molecule has 102 valence electrons. The molecule has 0 atom stereocenters. The molecule has 1 fully saturated rings. The lowest BCUT2D eigenvalue weighted by Crippen LogP contribution is -2.29. The van der Waals surface area contributed by atoms with Crippen molar-refractivity contribution >= 4 is 24.2 Å². The van der Waals surface area contributed by atoms with E-state index in [4.69, 9.17) is 4.74 Å². The van der Waals surface area contributed by atoms with Gasteiger partial charge in [-0.2, -0.15) is 0 Å². The van der Waals surface area contributed by atoms with Crippen LogP contribution in [0.2, 0.25) is 0 Å². The van der Waals surface area contributed by atoms with E-state index in [2.05, 4.69) is 15.3 Å². The second kappa shape index (κ2) is 8.69. The molecule has 18 heavy (non-hydrogen) atoms. The fourth-order valence-electron chi connectivity index (χ4n) is 1.99. The number of nitrogens with zero attached hydrogens (tertiary/aromatic N) is 2. The highest BCUT2D eigenvalue weighted by atomic mass is 35.5. The number of halogens is 1. The van der Waals surface area contributed by atoms with Crippen LogP contribution in [-0.2, 0) is 11.3 Å². The quantitative estimate of drug-likeness (QED) is 0.842. The number of rotatable bonds is 5. The molecule has 4 nitrogen and oxygen atoms in total. The van der Waals surface area contributed by atoms with Crippen molar-refractivity contribution in [3.8, 4) is 0 Å². The maximum absolute atomic E-state index is 5.76. The zero-order valence-electron chi connectivity index (χ0n) is 10.6. The van der Waals surface area contributed by atoms with Crippen LogP contribution >= 0.6 is 24.2 Å². The minimum absolute atomic E-state index is 0. The molecule has 1 aliphatic rings. The Morgan fingerprint density at radius 3 is 2.78 bits per heavy atom. The van der Waals surface area contributed by atoms with E-state index in [1.807, 2.05) is 6.26 Å². The lowest BCUT2D eigenvalue weighted by atomic mass is 9.99. The molecule has 6 heteroatoms. The van der Waals surface area contributed by atoms with E-state index in [1.54, 1.807) is 24.2 Å². The summed E-state index contributed by atoms with van der Waals surface area (Å²) in [5.41, 5.74) is 0.953. The van der Waals surface area contributed by atoms with Crippen molar-refractivity contribution in [2.24, 2.45) is 5.92 Å². The molecule has 0 amide bonds. The van der Waals surface area contributed by atoms with Crippen LogP contribution in [0, 0.1) is 5.92 Å². The van der Waals surface area contributed by atoms with Gasteiger partial charge in [-0.1, -0.05) is 0 Å². The fourth-order valence-corrected chi connectivity index (χ4v) is 2.51. The van der Waals surface area contributed by atoms with E-state index in [9.17, 15) is 0 Å². The van der Waals surface area contributed by atoms with Crippen LogP contribution in [0.4, 0.5) is 0 Å². The monoisotopic (exact) mass is 289 g/mol. The predicted molar refractivity (Wildman–Crippen MR) is 76.3 cm³/mol. The minimum Gasteiger partial charge on any atom is -0.375 e. The Morgan fingerprint density at radius 2 is 2.06 bits per heavy atom. The molecule has 1 saturated heterocycles. The van der Waals surface area contributed by atoms with Gasteiger partial charge in [0, 0.05) is 12.4 Å². The second-order valence-electron chi connectivity index (χ2n) is 4.22. The Morgan fingerprint density at radius 1 is 1.33 bits per heavy atom. The van der Waals surface area contributed by atoms with Gasteiger partial charge in [0.05, 0.1) is 18.9 Å². The molecular formula is C12H20ClN3OS. The van der Waals surface area contributed by atoms with Crippen molar-refractivity contribution in [3.05, 3.63) is 18.1 Å². The Labute approximate surface area is 119 Å². The van der Waals surface area contributed by atoms with Gasteiger partial charge in [-0.3, -0.25) is 4.98 Å². The van der Waals surface area contributed by atoms with Gasteiger partial charge in [-0.25, -0.2) is 4.98 Å². The first kappa shape index (κ1) is 15.7. The lowest BCUT2D eigenvalue weighted by molar-refractivity contribution is 0.0728. The van der Waals surface area contributed by atoms with E-state index < -0.39 is 0 Å². The summed E-state index contributed by atoms with van der Waals surface area (Å²) in [6, 6.07) is 0. The van der Waals surface area contributed by atoms with E-state index in [0.717, 1.165) is 30.4 Å². The van der Waals surface area contributed by atoms with Crippen LogP contribution in [0.25, 0.3) is 0 Å². The van der Waals surface area contributed by atoms with E-state index in [0.29, 0.717) is 12.5 Å². The zero-order chi connectivity index (χ0) is 11.9. The summed E-state index contributed by atoms with van der Waals surface area (Å²) < 4.78 is 5.76.